The Kier molecular flexibility index (Phi) is 5.87. The van der Waals surface area contributed by atoms with Gasteiger partial charge in [-0.25, -0.2) is 0 Å². The molecular formula is C22H20F3N3O. The molecule has 0 radical (unpaired) electrons. The largest absolute Gasteiger partial charge is 0.416 e. The van der Waals surface area contributed by atoms with Crippen molar-refractivity contribution >= 4 is 23.0 Å². The van der Waals surface area contributed by atoms with E-state index < -0.39 is 17.6 Å². The molecule has 0 aliphatic rings. The number of anilines is 3. The third-order valence-corrected chi connectivity index (χ3v) is 4.40. The minimum Gasteiger partial charge on any atom is -0.340 e. The Bertz CT molecular complexity index is 1000. The van der Waals surface area contributed by atoms with Gasteiger partial charge in [0.15, 0.2) is 0 Å². The van der Waals surface area contributed by atoms with Crippen LogP contribution in [0.4, 0.5) is 30.2 Å². The zero-order valence-corrected chi connectivity index (χ0v) is 16.0. The van der Waals surface area contributed by atoms with Crippen molar-refractivity contribution in [3.8, 4) is 0 Å². The average Bonchev–Trinajstić information content (AvgIpc) is 2.69. The predicted molar refractivity (Wildman–Crippen MR) is 107 cm³/mol. The molecule has 7 heteroatoms. The summed E-state index contributed by atoms with van der Waals surface area (Å²) in [5.41, 5.74) is 2.67. The van der Waals surface area contributed by atoms with Gasteiger partial charge < -0.3 is 10.2 Å². The number of rotatable bonds is 5. The van der Waals surface area contributed by atoms with E-state index in [0.29, 0.717) is 12.1 Å². The van der Waals surface area contributed by atoms with Crippen molar-refractivity contribution in [1.29, 1.82) is 0 Å². The Balaban J connectivity index is 1.80. The van der Waals surface area contributed by atoms with Gasteiger partial charge in [0.2, 0.25) is 0 Å². The SMILES string of the molecule is CCN(c1cccc(C)c1)c1cncc(C(=O)Nc2ccc(C(F)(F)F)cc2)c1. The molecule has 1 N–H and O–H groups in total. The number of carbonyl (C=O) groups excluding carboxylic acids is 1. The summed E-state index contributed by atoms with van der Waals surface area (Å²) in [7, 11) is 0. The number of nitrogens with one attached hydrogen (secondary N) is 1. The molecule has 1 amide bonds. The highest BCUT2D eigenvalue weighted by Gasteiger charge is 2.30. The molecule has 0 saturated carbocycles. The molecule has 0 bridgehead atoms. The molecule has 3 rings (SSSR count). The molecule has 29 heavy (non-hydrogen) atoms. The first kappa shape index (κ1) is 20.4. The lowest BCUT2D eigenvalue weighted by atomic mass is 10.1. The maximum atomic E-state index is 12.7. The quantitative estimate of drug-likeness (QED) is 0.588. The molecule has 150 valence electrons. The van der Waals surface area contributed by atoms with Crippen LogP contribution in [0.2, 0.25) is 0 Å². The van der Waals surface area contributed by atoms with Crippen LogP contribution in [0.15, 0.2) is 67.0 Å². The first-order chi connectivity index (χ1) is 13.8. The summed E-state index contributed by atoms with van der Waals surface area (Å²) in [5, 5.41) is 2.61. The third-order valence-electron chi connectivity index (χ3n) is 4.40. The fourth-order valence-corrected chi connectivity index (χ4v) is 2.96. The van der Waals surface area contributed by atoms with Crippen LogP contribution < -0.4 is 10.2 Å². The smallest absolute Gasteiger partial charge is 0.340 e. The second-order valence-corrected chi connectivity index (χ2v) is 6.54. The second kappa shape index (κ2) is 8.34. The molecule has 1 aromatic heterocycles. The fourth-order valence-electron chi connectivity index (χ4n) is 2.96. The van der Waals surface area contributed by atoms with Crippen molar-refractivity contribution in [2.75, 3.05) is 16.8 Å². The van der Waals surface area contributed by atoms with Gasteiger partial charge in [0.1, 0.15) is 0 Å². The number of amides is 1. The molecule has 0 aliphatic carbocycles. The van der Waals surface area contributed by atoms with E-state index in [0.717, 1.165) is 29.1 Å². The molecule has 0 fully saturated rings. The highest BCUT2D eigenvalue weighted by atomic mass is 19.4. The third kappa shape index (κ3) is 4.93. The number of pyridine rings is 1. The van der Waals surface area contributed by atoms with Crippen molar-refractivity contribution in [3.63, 3.8) is 0 Å². The van der Waals surface area contributed by atoms with E-state index in [9.17, 15) is 18.0 Å². The summed E-state index contributed by atoms with van der Waals surface area (Å²) < 4.78 is 38.0. The number of nitrogens with zero attached hydrogens (tertiary/aromatic N) is 2. The van der Waals surface area contributed by atoms with E-state index in [1.165, 1.54) is 18.3 Å². The number of halogens is 3. The Morgan fingerprint density at radius 1 is 1.03 bits per heavy atom. The average molecular weight is 399 g/mol. The highest BCUT2D eigenvalue weighted by molar-refractivity contribution is 6.04. The van der Waals surface area contributed by atoms with Gasteiger partial charge in [-0.05, 0) is 61.9 Å². The van der Waals surface area contributed by atoms with E-state index >= 15 is 0 Å². The summed E-state index contributed by atoms with van der Waals surface area (Å²) in [6, 6.07) is 14.0. The van der Waals surface area contributed by atoms with Crippen LogP contribution in [0.1, 0.15) is 28.4 Å². The molecule has 0 aliphatic heterocycles. The van der Waals surface area contributed by atoms with Gasteiger partial charge in [-0.15, -0.1) is 0 Å². The molecule has 4 nitrogen and oxygen atoms in total. The number of alkyl halides is 3. The molecule has 0 saturated heterocycles. The lowest BCUT2D eigenvalue weighted by molar-refractivity contribution is -0.137. The predicted octanol–water partition coefficient (Wildman–Crippen LogP) is 5.82. The molecule has 0 unspecified atom stereocenters. The van der Waals surface area contributed by atoms with Crippen molar-refractivity contribution in [1.82, 2.24) is 4.98 Å². The monoisotopic (exact) mass is 399 g/mol. The number of carbonyl (C=O) groups is 1. The van der Waals surface area contributed by atoms with Gasteiger partial charge in [-0.3, -0.25) is 9.78 Å². The molecule has 0 spiro atoms. The molecule has 1 heterocycles. The van der Waals surface area contributed by atoms with Gasteiger partial charge in [0.05, 0.1) is 23.0 Å². The van der Waals surface area contributed by atoms with Crippen molar-refractivity contribution < 1.29 is 18.0 Å². The summed E-state index contributed by atoms with van der Waals surface area (Å²) in [5.74, 6) is -0.445. The lowest BCUT2D eigenvalue weighted by Gasteiger charge is -2.23. The normalized spacial score (nSPS) is 11.2. The number of hydrogen-bond acceptors (Lipinski definition) is 3. The van der Waals surface area contributed by atoms with E-state index in [1.54, 1.807) is 12.3 Å². The lowest BCUT2D eigenvalue weighted by Crippen LogP contribution is -2.18. The van der Waals surface area contributed by atoms with Crippen molar-refractivity contribution in [2.45, 2.75) is 20.0 Å². The Morgan fingerprint density at radius 3 is 2.38 bits per heavy atom. The highest BCUT2D eigenvalue weighted by Crippen LogP contribution is 2.30. The number of aromatic nitrogens is 1. The van der Waals surface area contributed by atoms with Gasteiger partial charge in [-0.2, -0.15) is 13.2 Å². The fraction of sp³-hybridized carbons (Fsp3) is 0.182. The Morgan fingerprint density at radius 2 is 1.76 bits per heavy atom. The van der Waals surface area contributed by atoms with E-state index in [-0.39, 0.29) is 5.69 Å². The Hall–Kier alpha value is -3.35. The number of aryl methyl sites for hydroxylation is 1. The van der Waals surface area contributed by atoms with Crippen LogP contribution >= 0.6 is 0 Å². The second-order valence-electron chi connectivity index (χ2n) is 6.54. The Labute approximate surface area is 167 Å². The molecular weight excluding hydrogens is 379 g/mol. The van der Waals surface area contributed by atoms with Crippen LogP contribution in [0.25, 0.3) is 0 Å². The van der Waals surface area contributed by atoms with Crippen molar-refractivity contribution in [3.05, 3.63) is 83.7 Å². The van der Waals surface area contributed by atoms with E-state index in [2.05, 4.69) is 10.3 Å². The molecule has 0 atom stereocenters. The topological polar surface area (TPSA) is 45.2 Å². The van der Waals surface area contributed by atoms with Crippen LogP contribution in [0.3, 0.4) is 0 Å². The van der Waals surface area contributed by atoms with Crippen LogP contribution in [0, 0.1) is 6.92 Å². The minimum atomic E-state index is -4.42. The zero-order chi connectivity index (χ0) is 21.0. The zero-order valence-electron chi connectivity index (χ0n) is 16.0. The first-order valence-corrected chi connectivity index (χ1v) is 9.06. The van der Waals surface area contributed by atoms with E-state index in [4.69, 9.17) is 0 Å². The van der Waals surface area contributed by atoms with Crippen molar-refractivity contribution in [2.24, 2.45) is 0 Å². The van der Waals surface area contributed by atoms with Crippen LogP contribution in [-0.4, -0.2) is 17.4 Å². The first-order valence-electron chi connectivity index (χ1n) is 9.06. The minimum absolute atomic E-state index is 0.277. The summed E-state index contributed by atoms with van der Waals surface area (Å²) in [6.45, 7) is 4.68. The van der Waals surface area contributed by atoms with Gasteiger partial charge in [0.25, 0.3) is 5.91 Å². The number of hydrogen-bond donors (Lipinski definition) is 1. The van der Waals surface area contributed by atoms with Crippen LogP contribution in [-0.2, 0) is 6.18 Å². The van der Waals surface area contributed by atoms with E-state index in [1.807, 2.05) is 43.0 Å². The summed E-state index contributed by atoms with van der Waals surface area (Å²) >= 11 is 0. The van der Waals surface area contributed by atoms with Gasteiger partial charge in [0, 0.05) is 24.1 Å². The number of benzene rings is 2. The van der Waals surface area contributed by atoms with Gasteiger partial charge in [-0.1, -0.05) is 12.1 Å². The molecule has 2 aromatic carbocycles. The summed E-state index contributed by atoms with van der Waals surface area (Å²) in [6.07, 6.45) is -1.33. The maximum Gasteiger partial charge on any atom is 0.416 e. The maximum absolute atomic E-state index is 12.7. The van der Waals surface area contributed by atoms with Crippen LogP contribution in [0.5, 0.6) is 0 Å². The summed E-state index contributed by atoms with van der Waals surface area (Å²) in [4.78, 5) is 18.7. The standard InChI is InChI=1S/C22H20F3N3O/c1-3-28(19-6-4-5-15(2)11-19)20-12-16(13-26-14-20)21(29)27-18-9-7-17(8-10-18)22(23,24)25/h4-14H,3H2,1-2H3,(H,27,29). The van der Waals surface area contributed by atoms with Gasteiger partial charge >= 0.3 is 6.18 Å². The molecule has 3 aromatic rings.